The molecule has 0 aliphatic carbocycles. The van der Waals surface area contributed by atoms with Crippen molar-refractivity contribution in [2.24, 2.45) is 0 Å². The molecule has 0 saturated heterocycles. The highest BCUT2D eigenvalue weighted by Crippen LogP contribution is 2.06. The second kappa shape index (κ2) is 4.85. The molecule has 4 heteroatoms. The number of hydrogen-bond donors (Lipinski definition) is 1. The first kappa shape index (κ1) is 10.1. The van der Waals surface area contributed by atoms with Crippen molar-refractivity contribution in [2.45, 2.75) is 20.8 Å². The molecule has 0 aliphatic rings. The molecule has 0 atom stereocenters. The van der Waals surface area contributed by atoms with E-state index in [0.717, 1.165) is 5.01 Å². The van der Waals surface area contributed by atoms with Crippen molar-refractivity contribution in [1.82, 2.24) is 4.98 Å². The molecule has 1 N–H and O–H groups in total. The van der Waals surface area contributed by atoms with Crippen LogP contribution in [0.1, 0.15) is 29.3 Å². The van der Waals surface area contributed by atoms with Gasteiger partial charge in [0.05, 0.1) is 5.01 Å². The van der Waals surface area contributed by atoms with E-state index in [1.807, 2.05) is 13.8 Å². The predicted molar refractivity (Wildman–Crippen MR) is 45.2 cm³/mol. The Morgan fingerprint density at radius 3 is 2.36 bits per heavy atom. The minimum Gasteiger partial charge on any atom is -0.476 e. The van der Waals surface area contributed by atoms with Gasteiger partial charge in [0.15, 0.2) is 5.69 Å². The Morgan fingerprint density at radius 1 is 1.64 bits per heavy atom. The van der Waals surface area contributed by atoms with Crippen molar-refractivity contribution in [1.29, 1.82) is 0 Å². The summed E-state index contributed by atoms with van der Waals surface area (Å²) in [6.07, 6.45) is 0. The van der Waals surface area contributed by atoms with Crippen LogP contribution in [0, 0.1) is 6.92 Å². The summed E-state index contributed by atoms with van der Waals surface area (Å²) in [7, 11) is 0. The summed E-state index contributed by atoms with van der Waals surface area (Å²) in [6, 6.07) is 0. The van der Waals surface area contributed by atoms with Crippen molar-refractivity contribution in [3.05, 3.63) is 16.1 Å². The van der Waals surface area contributed by atoms with Gasteiger partial charge in [-0.25, -0.2) is 9.78 Å². The normalized spacial score (nSPS) is 8.27. The number of aryl methyl sites for hydroxylation is 1. The molecule has 0 bridgehead atoms. The SMILES string of the molecule is CC.Cc1nc(C(=O)O)cs1. The zero-order valence-corrected chi connectivity index (χ0v) is 7.60. The fraction of sp³-hybridized carbons (Fsp3) is 0.429. The van der Waals surface area contributed by atoms with Crippen LogP contribution >= 0.6 is 11.3 Å². The highest BCUT2D eigenvalue weighted by Gasteiger charge is 2.04. The molecule has 1 heterocycles. The molecular weight excluding hydrogens is 162 g/mol. The lowest BCUT2D eigenvalue weighted by Gasteiger charge is -1.79. The number of carboxylic acid groups (broad SMARTS) is 1. The molecule has 3 nitrogen and oxygen atoms in total. The number of carbonyl (C=O) groups is 1. The number of rotatable bonds is 1. The second-order valence-electron chi connectivity index (χ2n) is 1.56. The maximum Gasteiger partial charge on any atom is 0.355 e. The van der Waals surface area contributed by atoms with Crippen LogP contribution in [0.25, 0.3) is 0 Å². The predicted octanol–water partition coefficient (Wildman–Crippen LogP) is 2.18. The van der Waals surface area contributed by atoms with E-state index in [0.29, 0.717) is 0 Å². The Kier molecular flexibility index (Phi) is 4.45. The second-order valence-corrected chi connectivity index (χ2v) is 2.62. The summed E-state index contributed by atoms with van der Waals surface area (Å²) in [4.78, 5) is 13.9. The van der Waals surface area contributed by atoms with Crippen molar-refractivity contribution >= 4 is 17.3 Å². The first-order chi connectivity index (χ1) is 5.20. The van der Waals surface area contributed by atoms with E-state index in [1.165, 1.54) is 16.7 Å². The molecule has 0 fully saturated rings. The molecule has 0 amide bonds. The highest BCUT2D eigenvalue weighted by molar-refractivity contribution is 7.09. The average Bonchev–Trinajstić information content (AvgIpc) is 2.40. The van der Waals surface area contributed by atoms with Gasteiger partial charge < -0.3 is 5.11 Å². The van der Waals surface area contributed by atoms with E-state index in [9.17, 15) is 4.79 Å². The minimum atomic E-state index is -0.959. The summed E-state index contributed by atoms with van der Waals surface area (Å²) in [5.41, 5.74) is 0.137. The number of aromatic carboxylic acids is 1. The maximum absolute atomic E-state index is 10.2. The number of carboxylic acids is 1. The molecule has 0 saturated carbocycles. The summed E-state index contributed by atoms with van der Waals surface area (Å²) in [6.45, 7) is 5.77. The van der Waals surface area contributed by atoms with Crippen LogP contribution in [0.3, 0.4) is 0 Å². The third-order valence-corrected chi connectivity index (χ3v) is 1.61. The average molecular weight is 173 g/mol. The Morgan fingerprint density at radius 2 is 2.18 bits per heavy atom. The van der Waals surface area contributed by atoms with Gasteiger partial charge in [-0.05, 0) is 6.92 Å². The summed E-state index contributed by atoms with van der Waals surface area (Å²) < 4.78 is 0. The molecule has 0 aliphatic heterocycles. The van der Waals surface area contributed by atoms with Gasteiger partial charge in [0.2, 0.25) is 0 Å². The van der Waals surface area contributed by atoms with E-state index < -0.39 is 5.97 Å². The molecule has 1 rings (SSSR count). The summed E-state index contributed by atoms with van der Waals surface area (Å²) in [5, 5.41) is 10.7. The van der Waals surface area contributed by atoms with Gasteiger partial charge in [0, 0.05) is 5.38 Å². The van der Waals surface area contributed by atoms with Gasteiger partial charge in [0.25, 0.3) is 0 Å². The lowest BCUT2D eigenvalue weighted by molar-refractivity contribution is 0.0691. The fourth-order valence-corrected chi connectivity index (χ4v) is 1.05. The Bertz CT molecular complexity index is 232. The highest BCUT2D eigenvalue weighted by atomic mass is 32.1. The molecule has 0 unspecified atom stereocenters. The Labute approximate surface area is 69.7 Å². The molecule has 0 spiro atoms. The molecule has 1 aromatic rings. The number of aromatic nitrogens is 1. The van der Waals surface area contributed by atoms with Gasteiger partial charge in [0.1, 0.15) is 0 Å². The summed E-state index contributed by atoms with van der Waals surface area (Å²) >= 11 is 1.34. The minimum absolute atomic E-state index is 0.137. The zero-order valence-electron chi connectivity index (χ0n) is 6.79. The van der Waals surface area contributed by atoms with Gasteiger partial charge in [-0.15, -0.1) is 11.3 Å². The quantitative estimate of drug-likeness (QED) is 0.708. The van der Waals surface area contributed by atoms with E-state index in [2.05, 4.69) is 4.98 Å². The molecular formula is C7H11NO2S. The van der Waals surface area contributed by atoms with Gasteiger partial charge >= 0.3 is 5.97 Å². The largest absolute Gasteiger partial charge is 0.476 e. The van der Waals surface area contributed by atoms with Crippen LogP contribution in [0.5, 0.6) is 0 Å². The van der Waals surface area contributed by atoms with Crippen LogP contribution < -0.4 is 0 Å². The standard InChI is InChI=1S/C5H5NO2S.C2H6/c1-3-6-4(2-9-3)5(7)8;1-2/h2H,1H3,(H,7,8);1-2H3. The van der Waals surface area contributed by atoms with Crippen LogP contribution in [0.4, 0.5) is 0 Å². The van der Waals surface area contributed by atoms with Crippen LogP contribution in [0.2, 0.25) is 0 Å². The molecule has 1 aromatic heterocycles. The van der Waals surface area contributed by atoms with Crippen molar-refractivity contribution in [3.63, 3.8) is 0 Å². The molecule has 11 heavy (non-hydrogen) atoms. The van der Waals surface area contributed by atoms with Crippen LogP contribution in [0.15, 0.2) is 5.38 Å². The molecule has 0 radical (unpaired) electrons. The number of hydrogen-bond acceptors (Lipinski definition) is 3. The Hall–Kier alpha value is -0.900. The number of thiazole rings is 1. The van der Waals surface area contributed by atoms with Crippen molar-refractivity contribution < 1.29 is 9.90 Å². The topological polar surface area (TPSA) is 50.2 Å². The smallest absolute Gasteiger partial charge is 0.355 e. The Balaban J connectivity index is 0.000000461. The molecule has 0 aromatic carbocycles. The van der Waals surface area contributed by atoms with Crippen molar-refractivity contribution in [3.8, 4) is 0 Å². The van der Waals surface area contributed by atoms with Gasteiger partial charge in [-0.2, -0.15) is 0 Å². The third-order valence-electron chi connectivity index (χ3n) is 0.838. The van der Waals surface area contributed by atoms with Crippen LogP contribution in [-0.2, 0) is 0 Å². The first-order valence-corrected chi connectivity index (χ1v) is 4.23. The monoisotopic (exact) mass is 173 g/mol. The van der Waals surface area contributed by atoms with Gasteiger partial charge in [-0.1, -0.05) is 13.8 Å². The van der Waals surface area contributed by atoms with Gasteiger partial charge in [-0.3, -0.25) is 0 Å². The van der Waals surface area contributed by atoms with Crippen molar-refractivity contribution in [2.75, 3.05) is 0 Å². The first-order valence-electron chi connectivity index (χ1n) is 3.35. The third kappa shape index (κ3) is 3.13. The molecule has 62 valence electrons. The van der Waals surface area contributed by atoms with E-state index in [-0.39, 0.29) is 5.69 Å². The summed E-state index contributed by atoms with van der Waals surface area (Å²) in [5.74, 6) is -0.959. The lowest BCUT2D eigenvalue weighted by atomic mass is 10.5. The van der Waals surface area contributed by atoms with E-state index in [1.54, 1.807) is 6.92 Å². The maximum atomic E-state index is 10.2. The van der Waals surface area contributed by atoms with Crippen LogP contribution in [-0.4, -0.2) is 16.1 Å². The lowest BCUT2D eigenvalue weighted by Crippen LogP contribution is -1.95. The number of nitrogens with zero attached hydrogens (tertiary/aromatic N) is 1. The zero-order chi connectivity index (χ0) is 8.85. The van der Waals surface area contributed by atoms with E-state index >= 15 is 0 Å². The van der Waals surface area contributed by atoms with E-state index in [4.69, 9.17) is 5.11 Å². The fourth-order valence-electron chi connectivity index (χ4n) is 0.462.